The Morgan fingerprint density at radius 1 is 1.03 bits per heavy atom. The van der Waals surface area contributed by atoms with Crippen molar-refractivity contribution >= 4 is 10.9 Å². The summed E-state index contributed by atoms with van der Waals surface area (Å²) in [5.41, 5.74) is -0.0298. The first kappa shape index (κ1) is 21.7. The van der Waals surface area contributed by atoms with Crippen molar-refractivity contribution in [3.05, 3.63) is 34.4 Å². The smallest absolute Gasteiger partial charge is 0.335 e. The minimum atomic E-state index is -2.55. The molecule has 4 saturated carbocycles. The zero-order valence-corrected chi connectivity index (χ0v) is 19.4. The Balaban J connectivity index is 1.42. The van der Waals surface area contributed by atoms with Crippen molar-refractivity contribution in [1.82, 2.24) is 4.72 Å². The van der Waals surface area contributed by atoms with Gasteiger partial charge in [-0.3, -0.25) is 0 Å². The molecule has 2 N–H and O–H groups in total. The molecule has 4 fully saturated rings. The van der Waals surface area contributed by atoms with Crippen LogP contribution in [-0.4, -0.2) is 25.2 Å². The Morgan fingerprint density at radius 3 is 2.55 bits per heavy atom. The van der Waals surface area contributed by atoms with E-state index in [2.05, 4.69) is 18.6 Å². The van der Waals surface area contributed by atoms with Gasteiger partial charge in [0.05, 0.1) is 11.9 Å². The number of rotatable bonds is 3. The Kier molecular flexibility index (Phi) is 5.18. The molecular weight excluding hydrogens is 414 g/mol. The Labute approximate surface area is 185 Å². The van der Waals surface area contributed by atoms with E-state index in [4.69, 9.17) is 4.42 Å². The van der Waals surface area contributed by atoms with E-state index in [1.54, 1.807) is 6.26 Å². The van der Waals surface area contributed by atoms with Crippen LogP contribution in [0.4, 0.5) is 0 Å². The summed E-state index contributed by atoms with van der Waals surface area (Å²) in [5.74, 6) is 1.50. The minimum absolute atomic E-state index is 0.0660. The third-order valence-corrected chi connectivity index (χ3v) is 10.8. The van der Waals surface area contributed by atoms with Crippen LogP contribution in [0.5, 0.6) is 0 Å². The lowest BCUT2D eigenvalue weighted by Gasteiger charge is -2.63. The largest absolute Gasteiger partial charge is 0.431 e. The van der Waals surface area contributed by atoms with Gasteiger partial charge in [0.15, 0.2) is 0 Å². The first-order valence-corrected chi connectivity index (χ1v) is 13.1. The topological polar surface area (TPSA) is 96.6 Å². The molecule has 0 saturated heterocycles. The van der Waals surface area contributed by atoms with Crippen LogP contribution < -0.4 is 10.3 Å². The molecule has 0 aliphatic heterocycles. The van der Waals surface area contributed by atoms with Crippen molar-refractivity contribution in [2.24, 2.45) is 28.6 Å². The van der Waals surface area contributed by atoms with Gasteiger partial charge >= 0.3 is 5.63 Å². The molecule has 172 valence electrons. The highest BCUT2D eigenvalue weighted by Crippen LogP contribution is 2.70. The van der Waals surface area contributed by atoms with E-state index in [1.165, 1.54) is 6.07 Å². The summed E-state index contributed by atoms with van der Waals surface area (Å²) in [7, 11) is -2.55. The van der Waals surface area contributed by atoms with Gasteiger partial charge in [0.1, 0.15) is 0 Å². The SMILES string of the molecule is C[C@]12CC[C@H](N[SH](=O)=O)C[C@H]1CC[C@@H]1[C@@H]2CC[C@]2(C)[C@@H](c3ccc(=O)oc3)CC[C@]12O. The average molecular weight is 450 g/mol. The molecule has 4 aliphatic carbocycles. The second kappa shape index (κ2) is 7.42. The lowest BCUT2D eigenvalue weighted by atomic mass is 9.43. The lowest BCUT2D eigenvalue weighted by Crippen LogP contribution is -2.62. The molecule has 4 aliphatic rings. The molecule has 0 aromatic carbocycles. The molecule has 31 heavy (non-hydrogen) atoms. The molecule has 7 heteroatoms. The molecule has 1 aromatic heterocycles. The van der Waals surface area contributed by atoms with Crippen molar-refractivity contribution in [2.75, 3.05) is 0 Å². The van der Waals surface area contributed by atoms with Crippen LogP contribution in [0.1, 0.15) is 83.1 Å². The van der Waals surface area contributed by atoms with Crippen LogP contribution in [0.15, 0.2) is 27.6 Å². The molecule has 6 nitrogen and oxygen atoms in total. The van der Waals surface area contributed by atoms with Crippen molar-refractivity contribution in [2.45, 2.75) is 89.2 Å². The average Bonchev–Trinajstić information content (AvgIpc) is 3.00. The van der Waals surface area contributed by atoms with E-state index in [0.29, 0.717) is 11.8 Å². The van der Waals surface area contributed by atoms with E-state index in [0.717, 1.165) is 63.4 Å². The number of hydrogen-bond acceptors (Lipinski definition) is 5. The van der Waals surface area contributed by atoms with Crippen molar-refractivity contribution in [3.8, 4) is 0 Å². The van der Waals surface area contributed by atoms with E-state index in [-0.39, 0.29) is 34.3 Å². The third-order valence-electron chi connectivity index (χ3n) is 10.3. The standard InChI is InChI=1S/C24H35NO5S/c1-22-10-7-17(25-31(28)29)13-16(22)4-5-20-19(22)8-11-23(2)18(9-12-24(20,23)27)15-3-6-21(26)30-14-15/h3,6,14,16-20,27,31H,4-5,7-13H2,1-2H3,(H,25,28,29)/t16-,17+,18-,19+,20-,22+,23-,24+/m1/s1. The van der Waals surface area contributed by atoms with Crippen molar-refractivity contribution < 1.29 is 17.9 Å². The van der Waals surface area contributed by atoms with Crippen LogP contribution >= 0.6 is 0 Å². The number of hydrogen-bond donors (Lipinski definition) is 3. The highest BCUT2D eigenvalue weighted by Gasteiger charge is 2.67. The molecule has 0 spiro atoms. The summed E-state index contributed by atoms with van der Waals surface area (Å²) in [6.45, 7) is 4.66. The van der Waals surface area contributed by atoms with Crippen molar-refractivity contribution in [3.63, 3.8) is 0 Å². The number of nitrogens with one attached hydrogen (secondary N) is 1. The number of fused-ring (bicyclic) bond motifs is 5. The van der Waals surface area contributed by atoms with Gasteiger partial charge in [0.25, 0.3) is 0 Å². The van der Waals surface area contributed by atoms with E-state index in [1.807, 2.05) is 6.07 Å². The molecule has 8 atom stereocenters. The number of aliphatic hydroxyl groups is 1. The maximum atomic E-state index is 12.2. The first-order chi connectivity index (χ1) is 14.7. The monoisotopic (exact) mass is 449 g/mol. The minimum Gasteiger partial charge on any atom is -0.431 e. The van der Waals surface area contributed by atoms with Crippen LogP contribution in [0, 0.1) is 28.6 Å². The molecule has 1 aromatic rings. The summed E-state index contributed by atoms with van der Waals surface area (Å²) >= 11 is 0. The van der Waals surface area contributed by atoms with Gasteiger partial charge in [-0.05, 0) is 98.5 Å². The molecule has 0 bridgehead atoms. The predicted molar refractivity (Wildman–Crippen MR) is 118 cm³/mol. The van der Waals surface area contributed by atoms with Gasteiger partial charge in [-0.25, -0.2) is 17.9 Å². The normalized spacial score (nSPS) is 46.9. The summed E-state index contributed by atoms with van der Waals surface area (Å²) in [4.78, 5) is 11.4. The van der Waals surface area contributed by atoms with Gasteiger partial charge in [-0.15, -0.1) is 0 Å². The van der Waals surface area contributed by atoms with E-state index >= 15 is 0 Å². The van der Waals surface area contributed by atoms with Crippen LogP contribution in [0.25, 0.3) is 0 Å². The maximum absolute atomic E-state index is 12.2. The third kappa shape index (κ3) is 3.17. The highest BCUT2D eigenvalue weighted by molar-refractivity contribution is 7.70. The fourth-order valence-electron chi connectivity index (χ4n) is 8.59. The Hall–Kier alpha value is -1.18. The van der Waals surface area contributed by atoms with Gasteiger partial charge in [0, 0.05) is 17.5 Å². The molecule has 0 amide bonds. The number of thiol groups is 1. The molecule has 5 rings (SSSR count). The summed E-state index contributed by atoms with van der Waals surface area (Å²) < 4.78 is 30.3. The second-order valence-electron chi connectivity index (χ2n) is 11.2. The van der Waals surface area contributed by atoms with Crippen molar-refractivity contribution in [1.29, 1.82) is 0 Å². The molecule has 0 unspecified atom stereocenters. The van der Waals surface area contributed by atoms with Gasteiger partial charge in [-0.1, -0.05) is 13.8 Å². The van der Waals surface area contributed by atoms with E-state index in [9.17, 15) is 18.3 Å². The fourth-order valence-corrected chi connectivity index (χ4v) is 9.13. The summed E-state index contributed by atoms with van der Waals surface area (Å²) in [6.07, 6.45) is 10.3. The van der Waals surface area contributed by atoms with Crippen LogP contribution in [0.2, 0.25) is 0 Å². The molecular formula is C24H35NO5S. The Morgan fingerprint density at radius 2 is 1.84 bits per heavy atom. The Bertz CT molecular complexity index is 962. The van der Waals surface area contributed by atoms with Crippen LogP contribution in [0.3, 0.4) is 0 Å². The second-order valence-corrected chi connectivity index (χ2v) is 12.0. The van der Waals surface area contributed by atoms with Gasteiger partial charge < -0.3 is 9.52 Å². The zero-order valence-electron chi connectivity index (χ0n) is 18.5. The lowest BCUT2D eigenvalue weighted by molar-refractivity contribution is -0.201. The summed E-state index contributed by atoms with van der Waals surface area (Å²) in [6, 6.07) is 3.44. The fraction of sp³-hybridized carbons (Fsp3) is 0.792. The van der Waals surface area contributed by atoms with Crippen LogP contribution in [-0.2, 0) is 10.9 Å². The van der Waals surface area contributed by atoms with Gasteiger partial charge in [0.2, 0.25) is 10.9 Å². The quantitative estimate of drug-likeness (QED) is 0.615. The molecule has 1 heterocycles. The van der Waals surface area contributed by atoms with E-state index < -0.39 is 16.5 Å². The maximum Gasteiger partial charge on any atom is 0.335 e. The molecule has 0 radical (unpaired) electrons. The summed E-state index contributed by atoms with van der Waals surface area (Å²) in [5, 5.41) is 12.2. The first-order valence-electron chi connectivity index (χ1n) is 11.9. The zero-order chi connectivity index (χ0) is 22.0. The highest BCUT2D eigenvalue weighted by atomic mass is 32.2. The predicted octanol–water partition coefficient (Wildman–Crippen LogP) is 3.37. The van der Waals surface area contributed by atoms with Gasteiger partial charge in [-0.2, -0.15) is 0 Å².